The standard InChI is InChI=1S/C19H21N5O3/c1-23-17(14-8-4-3-5-9-14)22-24(19(23)26)13-12-20-18(25)21-15-10-6-7-11-16(15)27-2/h3-11H,12-13H2,1-2H3,(H2,20,21,25). The molecule has 0 aliphatic rings. The number of methoxy groups -OCH3 is 1. The van der Waals surface area contributed by atoms with Gasteiger partial charge in [0.1, 0.15) is 5.75 Å². The van der Waals surface area contributed by atoms with Gasteiger partial charge < -0.3 is 15.4 Å². The molecule has 0 bridgehead atoms. The smallest absolute Gasteiger partial charge is 0.345 e. The number of urea groups is 1. The Morgan fingerprint density at radius 1 is 1.11 bits per heavy atom. The van der Waals surface area contributed by atoms with Crippen molar-refractivity contribution in [3.05, 3.63) is 65.1 Å². The first-order valence-electron chi connectivity index (χ1n) is 8.47. The third-order valence-electron chi connectivity index (χ3n) is 4.04. The minimum absolute atomic E-state index is 0.235. The minimum atomic E-state index is -0.383. The van der Waals surface area contributed by atoms with Crippen LogP contribution in [0.15, 0.2) is 59.4 Å². The highest BCUT2D eigenvalue weighted by Gasteiger charge is 2.12. The summed E-state index contributed by atoms with van der Waals surface area (Å²) in [4.78, 5) is 24.4. The number of nitrogens with one attached hydrogen (secondary N) is 2. The van der Waals surface area contributed by atoms with E-state index in [0.29, 0.717) is 17.3 Å². The van der Waals surface area contributed by atoms with Crippen molar-refractivity contribution in [1.82, 2.24) is 19.7 Å². The number of carbonyl (C=O) groups is 1. The van der Waals surface area contributed by atoms with Crippen molar-refractivity contribution in [2.75, 3.05) is 19.0 Å². The number of amides is 2. The molecule has 1 aromatic heterocycles. The number of ether oxygens (including phenoxy) is 1. The summed E-state index contributed by atoms with van der Waals surface area (Å²) in [6, 6.07) is 16.2. The number of aromatic nitrogens is 3. The molecule has 140 valence electrons. The van der Waals surface area contributed by atoms with Crippen LogP contribution < -0.4 is 21.1 Å². The van der Waals surface area contributed by atoms with E-state index in [2.05, 4.69) is 15.7 Å². The summed E-state index contributed by atoms with van der Waals surface area (Å²) in [6.45, 7) is 0.519. The van der Waals surface area contributed by atoms with E-state index < -0.39 is 0 Å². The van der Waals surface area contributed by atoms with Crippen molar-refractivity contribution < 1.29 is 9.53 Å². The van der Waals surface area contributed by atoms with E-state index in [1.165, 1.54) is 16.4 Å². The number of para-hydroxylation sites is 2. The van der Waals surface area contributed by atoms with E-state index in [9.17, 15) is 9.59 Å². The molecule has 0 saturated heterocycles. The molecule has 0 aliphatic carbocycles. The molecule has 3 aromatic rings. The maximum atomic E-state index is 12.3. The Morgan fingerprint density at radius 2 is 1.81 bits per heavy atom. The second kappa shape index (κ2) is 8.22. The van der Waals surface area contributed by atoms with Crippen LogP contribution in [-0.4, -0.2) is 34.0 Å². The molecule has 8 nitrogen and oxygen atoms in total. The minimum Gasteiger partial charge on any atom is -0.495 e. The van der Waals surface area contributed by atoms with Crippen molar-refractivity contribution in [2.24, 2.45) is 7.05 Å². The average Bonchev–Trinajstić information content (AvgIpc) is 2.98. The van der Waals surface area contributed by atoms with Crippen molar-refractivity contribution in [1.29, 1.82) is 0 Å². The largest absolute Gasteiger partial charge is 0.495 e. The van der Waals surface area contributed by atoms with Crippen LogP contribution in [0.25, 0.3) is 11.4 Å². The van der Waals surface area contributed by atoms with Gasteiger partial charge in [-0.3, -0.25) is 4.57 Å². The molecule has 0 spiro atoms. The molecule has 0 aliphatic heterocycles. The van der Waals surface area contributed by atoms with Gasteiger partial charge in [-0.15, -0.1) is 5.10 Å². The molecule has 2 aromatic carbocycles. The quantitative estimate of drug-likeness (QED) is 0.698. The first-order chi connectivity index (χ1) is 13.1. The van der Waals surface area contributed by atoms with Crippen LogP contribution in [0.1, 0.15) is 0 Å². The third-order valence-corrected chi connectivity index (χ3v) is 4.04. The van der Waals surface area contributed by atoms with E-state index in [1.807, 2.05) is 36.4 Å². The molecule has 0 radical (unpaired) electrons. The third kappa shape index (κ3) is 4.17. The zero-order chi connectivity index (χ0) is 19.2. The summed E-state index contributed by atoms with van der Waals surface area (Å²) in [5, 5.41) is 9.79. The fourth-order valence-corrected chi connectivity index (χ4v) is 2.66. The Hall–Kier alpha value is -3.55. The second-order valence-electron chi connectivity index (χ2n) is 5.84. The van der Waals surface area contributed by atoms with E-state index in [1.54, 1.807) is 25.2 Å². The van der Waals surface area contributed by atoms with Crippen molar-refractivity contribution >= 4 is 11.7 Å². The fourth-order valence-electron chi connectivity index (χ4n) is 2.66. The summed E-state index contributed by atoms with van der Waals surface area (Å²) in [7, 11) is 3.21. The number of hydrogen-bond acceptors (Lipinski definition) is 4. The van der Waals surface area contributed by atoms with Gasteiger partial charge in [0.05, 0.1) is 19.3 Å². The maximum absolute atomic E-state index is 12.3. The highest BCUT2D eigenvalue weighted by Crippen LogP contribution is 2.22. The summed E-state index contributed by atoms with van der Waals surface area (Å²) in [5.74, 6) is 1.15. The van der Waals surface area contributed by atoms with Crippen LogP contribution >= 0.6 is 0 Å². The van der Waals surface area contributed by atoms with Crippen LogP contribution in [0, 0.1) is 0 Å². The second-order valence-corrected chi connectivity index (χ2v) is 5.84. The van der Waals surface area contributed by atoms with E-state index in [-0.39, 0.29) is 24.8 Å². The van der Waals surface area contributed by atoms with Crippen molar-refractivity contribution in [3.8, 4) is 17.1 Å². The lowest BCUT2D eigenvalue weighted by Gasteiger charge is -2.10. The highest BCUT2D eigenvalue weighted by atomic mass is 16.5. The predicted octanol–water partition coefficient (Wildman–Crippen LogP) is 2.08. The molecular weight excluding hydrogens is 346 g/mol. The maximum Gasteiger partial charge on any atom is 0.345 e. The molecule has 0 atom stereocenters. The Kier molecular flexibility index (Phi) is 5.55. The number of anilines is 1. The van der Waals surface area contributed by atoms with Gasteiger partial charge in [-0.1, -0.05) is 42.5 Å². The molecule has 3 rings (SSSR count). The monoisotopic (exact) mass is 367 g/mol. The van der Waals surface area contributed by atoms with Crippen molar-refractivity contribution in [2.45, 2.75) is 6.54 Å². The fraction of sp³-hybridized carbons (Fsp3) is 0.211. The lowest BCUT2D eigenvalue weighted by Crippen LogP contribution is -2.34. The van der Waals surface area contributed by atoms with E-state index >= 15 is 0 Å². The van der Waals surface area contributed by atoms with E-state index in [4.69, 9.17) is 4.74 Å². The van der Waals surface area contributed by atoms with Gasteiger partial charge in [0, 0.05) is 19.2 Å². The number of benzene rings is 2. The van der Waals surface area contributed by atoms with Crippen LogP contribution in [-0.2, 0) is 13.6 Å². The molecular formula is C19H21N5O3. The van der Waals surface area contributed by atoms with Gasteiger partial charge in [0.25, 0.3) is 0 Å². The SMILES string of the molecule is COc1ccccc1NC(=O)NCCn1nc(-c2ccccc2)n(C)c1=O. The molecule has 2 N–H and O–H groups in total. The topological polar surface area (TPSA) is 90.2 Å². The first-order valence-corrected chi connectivity index (χ1v) is 8.47. The summed E-state index contributed by atoms with van der Waals surface area (Å²) >= 11 is 0. The number of hydrogen-bond donors (Lipinski definition) is 2. The normalized spacial score (nSPS) is 10.4. The van der Waals surface area contributed by atoms with Gasteiger partial charge in [0.2, 0.25) is 0 Å². The number of rotatable bonds is 6. The molecule has 0 unspecified atom stereocenters. The first kappa shape index (κ1) is 18.2. The van der Waals surface area contributed by atoms with Crippen LogP contribution in [0.5, 0.6) is 5.75 Å². The number of carbonyl (C=O) groups excluding carboxylic acids is 1. The number of nitrogens with zero attached hydrogens (tertiary/aromatic N) is 3. The highest BCUT2D eigenvalue weighted by molar-refractivity contribution is 5.90. The van der Waals surface area contributed by atoms with Crippen LogP contribution in [0.2, 0.25) is 0 Å². The Morgan fingerprint density at radius 3 is 2.56 bits per heavy atom. The van der Waals surface area contributed by atoms with Crippen molar-refractivity contribution in [3.63, 3.8) is 0 Å². The molecule has 8 heteroatoms. The molecule has 2 amide bonds. The van der Waals surface area contributed by atoms with Gasteiger partial charge in [-0.05, 0) is 12.1 Å². The van der Waals surface area contributed by atoms with Gasteiger partial charge in [-0.2, -0.15) is 0 Å². The summed E-state index contributed by atoms with van der Waals surface area (Å²) < 4.78 is 8.02. The van der Waals surface area contributed by atoms with E-state index in [0.717, 1.165) is 5.56 Å². The molecule has 0 fully saturated rings. The zero-order valence-corrected chi connectivity index (χ0v) is 15.2. The summed E-state index contributed by atoms with van der Waals surface area (Å²) in [6.07, 6.45) is 0. The molecule has 27 heavy (non-hydrogen) atoms. The lowest BCUT2D eigenvalue weighted by atomic mass is 10.2. The molecule has 0 saturated carbocycles. The van der Waals surface area contributed by atoms with Crippen LogP contribution in [0.3, 0.4) is 0 Å². The van der Waals surface area contributed by atoms with Gasteiger partial charge in [0.15, 0.2) is 5.82 Å². The lowest BCUT2D eigenvalue weighted by molar-refractivity contribution is 0.251. The van der Waals surface area contributed by atoms with Crippen LogP contribution in [0.4, 0.5) is 10.5 Å². The average molecular weight is 367 g/mol. The zero-order valence-electron chi connectivity index (χ0n) is 15.2. The predicted molar refractivity (Wildman–Crippen MR) is 103 cm³/mol. The Balaban J connectivity index is 1.61. The Labute approximate surface area is 156 Å². The Bertz CT molecular complexity index is 979. The molecule has 1 heterocycles. The van der Waals surface area contributed by atoms with Gasteiger partial charge in [-0.25, -0.2) is 14.3 Å². The summed E-state index contributed by atoms with van der Waals surface area (Å²) in [5.41, 5.74) is 1.19. The van der Waals surface area contributed by atoms with Gasteiger partial charge >= 0.3 is 11.7 Å².